The van der Waals surface area contributed by atoms with Gasteiger partial charge in [0.25, 0.3) is 0 Å². The Morgan fingerprint density at radius 2 is 1.78 bits per heavy atom. The third-order valence-electron chi connectivity index (χ3n) is 3.90. The summed E-state index contributed by atoms with van der Waals surface area (Å²) in [6.45, 7) is 3.86. The van der Waals surface area contributed by atoms with Crippen molar-refractivity contribution in [3.63, 3.8) is 0 Å². The molecule has 2 bridgehead atoms. The van der Waals surface area contributed by atoms with Crippen LogP contribution >= 0.6 is 0 Å². The molecule has 2 aliphatic heterocycles. The summed E-state index contributed by atoms with van der Waals surface area (Å²) in [6.07, 6.45) is -3.78. The molecule has 2 heterocycles. The van der Waals surface area contributed by atoms with Crippen molar-refractivity contribution in [1.82, 2.24) is 4.90 Å². The lowest BCUT2D eigenvalue weighted by Gasteiger charge is -2.46. The second-order valence-corrected chi connectivity index (χ2v) is 5.02. The van der Waals surface area contributed by atoms with Crippen molar-refractivity contribution in [2.24, 2.45) is 5.92 Å². The average molecular weight is 263 g/mol. The van der Waals surface area contributed by atoms with Crippen LogP contribution in [0.5, 0.6) is 0 Å². The highest BCUT2D eigenvalue weighted by atomic mass is 19.4. The molecule has 0 aliphatic carbocycles. The Morgan fingerprint density at radius 3 is 2.22 bits per heavy atom. The molecule has 3 nitrogen and oxygen atoms in total. The summed E-state index contributed by atoms with van der Waals surface area (Å²) in [7, 11) is 1.93. The number of rotatable bonds is 2. The lowest BCUT2D eigenvalue weighted by atomic mass is 9.81. The van der Waals surface area contributed by atoms with E-state index in [1.54, 1.807) is 0 Å². The van der Waals surface area contributed by atoms with Gasteiger partial charge in [0.1, 0.15) is 0 Å². The van der Waals surface area contributed by atoms with Crippen LogP contribution in [0.15, 0.2) is 12.2 Å². The molecule has 2 saturated heterocycles. The van der Waals surface area contributed by atoms with E-state index >= 15 is 0 Å². The summed E-state index contributed by atoms with van der Waals surface area (Å²) in [5, 5.41) is 0. The maximum absolute atomic E-state index is 12.5. The van der Waals surface area contributed by atoms with Crippen LogP contribution in [0, 0.1) is 5.92 Å². The van der Waals surface area contributed by atoms with Crippen LogP contribution in [-0.2, 0) is 9.53 Å². The quantitative estimate of drug-likeness (QED) is 0.711. The molecular weight excluding hydrogens is 247 g/mol. The number of hydrogen-bond donors (Lipinski definition) is 0. The molecule has 0 saturated carbocycles. The molecule has 18 heavy (non-hydrogen) atoms. The van der Waals surface area contributed by atoms with Crippen molar-refractivity contribution in [2.75, 3.05) is 20.3 Å². The minimum absolute atomic E-state index is 0.0347. The molecule has 102 valence electrons. The van der Waals surface area contributed by atoms with E-state index in [1.807, 2.05) is 7.05 Å². The van der Waals surface area contributed by atoms with Gasteiger partial charge in [0.15, 0.2) is 5.78 Å². The summed E-state index contributed by atoms with van der Waals surface area (Å²) in [4.78, 5) is 13.9. The molecule has 0 radical (unpaired) electrons. The van der Waals surface area contributed by atoms with E-state index in [4.69, 9.17) is 4.74 Å². The maximum atomic E-state index is 12.5. The van der Waals surface area contributed by atoms with Gasteiger partial charge in [-0.3, -0.25) is 9.69 Å². The Bertz CT molecular complexity index is 353. The van der Waals surface area contributed by atoms with Gasteiger partial charge >= 0.3 is 6.18 Å². The highest BCUT2D eigenvalue weighted by Gasteiger charge is 2.44. The molecule has 0 N–H and O–H groups in total. The number of carbonyl (C=O) groups is 1. The summed E-state index contributed by atoms with van der Waals surface area (Å²) in [5.41, 5.74) is -1.23. The number of carbonyl (C=O) groups excluding carboxylic acids is 1. The third-order valence-corrected chi connectivity index (χ3v) is 3.90. The van der Waals surface area contributed by atoms with Crippen molar-refractivity contribution in [2.45, 2.75) is 31.1 Å². The molecule has 0 aromatic heterocycles. The fourth-order valence-corrected chi connectivity index (χ4v) is 2.70. The maximum Gasteiger partial charge on any atom is 0.419 e. The van der Waals surface area contributed by atoms with E-state index in [1.165, 1.54) is 0 Å². The second kappa shape index (κ2) is 4.66. The number of ketones is 1. The van der Waals surface area contributed by atoms with Gasteiger partial charge in [-0.15, -0.1) is 0 Å². The van der Waals surface area contributed by atoms with Gasteiger partial charge in [0.05, 0.1) is 18.8 Å². The molecular formula is C12H16F3NO2. The minimum Gasteiger partial charge on any atom is -0.378 e. The van der Waals surface area contributed by atoms with Crippen molar-refractivity contribution in [3.05, 3.63) is 12.2 Å². The number of halogens is 3. The second-order valence-electron chi connectivity index (χ2n) is 5.02. The first-order valence-electron chi connectivity index (χ1n) is 5.90. The first-order valence-corrected chi connectivity index (χ1v) is 5.90. The van der Waals surface area contributed by atoms with E-state index in [-0.39, 0.29) is 12.1 Å². The number of likely N-dealkylation sites (N-methyl/N-ethyl adjacent to an activating group) is 1. The number of hydrogen-bond acceptors (Lipinski definition) is 3. The van der Waals surface area contributed by atoms with E-state index < -0.39 is 23.5 Å². The van der Waals surface area contributed by atoms with Crippen LogP contribution in [0.1, 0.15) is 12.8 Å². The number of allylic oxidation sites excluding steroid dienone is 1. The number of fused-ring (bicyclic) bond motifs is 2. The van der Waals surface area contributed by atoms with Crippen molar-refractivity contribution < 1.29 is 22.7 Å². The van der Waals surface area contributed by atoms with Crippen LogP contribution in [0.3, 0.4) is 0 Å². The number of piperidine rings is 1. The summed E-state index contributed by atoms with van der Waals surface area (Å²) >= 11 is 0. The average Bonchev–Trinajstić information content (AvgIpc) is 2.25. The monoisotopic (exact) mass is 263 g/mol. The van der Waals surface area contributed by atoms with Gasteiger partial charge in [-0.25, -0.2) is 0 Å². The van der Waals surface area contributed by atoms with Crippen LogP contribution in [0.4, 0.5) is 13.2 Å². The molecule has 2 unspecified atom stereocenters. The fourth-order valence-electron chi connectivity index (χ4n) is 2.70. The Hall–Kier alpha value is -0.880. The van der Waals surface area contributed by atoms with Crippen LogP contribution < -0.4 is 0 Å². The first-order chi connectivity index (χ1) is 8.30. The SMILES string of the molecule is C=C(C(=O)C1CC2COCC(C1)N2C)C(F)(F)F. The van der Waals surface area contributed by atoms with Gasteiger partial charge in [-0.05, 0) is 19.9 Å². The fraction of sp³-hybridized carbons (Fsp3) is 0.750. The smallest absolute Gasteiger partial charge is 0.378 e. The van der Waals surface area contributed by atoms with Crippen molar-refractivity contribution in [3.8, 4) is 0 Å². The highest BCUT2D eigenvalue weighted by Crippen LogP contribution is 2.35. The van der Waals surface area contributed by atoms with Crippen LogP contribution in [-0.4, -0.2) is 49.2 Å². The van der Waals surface area contributed by atoms with Crippen molar-refractivity contribution >= 4 is 5.78 Å². The zero-order valence-corrected chi connectivity index (χ0v) is 10.2. The van der Waals surface area contributed by atoms with Gasteiger partial charge in [-0.1, -0.05) is 6.58 Å². The number of nitrogens with zero attached hydrogens (tertiary/aromatic N) is 1. The Labute approximate surface area is 104 Å². The Morgan fingerprint density at radius 1 is 1.28 bits per heavy atom. The molecule has 2 atom stereocenters. The van der Waals surface area contributed by atoms with E-state index in [0.717, 1.165) is 0 Å². The van der Waals surface area contributed by atoms with Gasteiger partial charge in [0.2, 0.25) is 0 Å². The molecule has 2 rings (SSSR count). The summed E-state index contributed by atoms with van der Waals surface area (Å²) < 4.78 is 42.8. The van der Waals surface area contributed by atoms with Gasteiger partial charge in [0, 0.05) is 18.0 Å². The molecule has 0 aromatic rings. The van der Waals surface area contributed by atoms with E-state index in [9.17, 15) is 18.0 Å². The normalized spacial score (nSPS) is 33.2. The molecule has 0 amide bonds. The molecule has 2 aliphatic rings. The Kier molecular flexibility index (Phi) is 3.51. The first kappa shape index (κ1) is 13.5. The molecule has 0 aromatic carbocycles. The summed E-state index contributed by atoms with van der Waals surface area (Å²) in [5.74, 6) is -1.43. The minimum atomic E-state index is -4.62. The predicted molar refractivity (Wildman–Crippen MR) is 59.1 cm³/mol. The summed E-state index contributed by atoms with van der Waals surface area (Å²) in [6, 6.07) is 0.0694. The van der Waals surface area contributed by atoms with Gasteiger partial charge in [-0.2, -0.15) is 13.2 Å². The lowest BCUT2D eigenvalue weighted by molar-refractivity contribution is -0.138. The van der Waals surface area contributed by atoms with E-state index in [2.05, 4.69) is 11.5 Å². The van der Waals surface area contributed by atoms with Crippen LogP contribution in [0.25, 0.3) is 0 Å². The third kappa shape index (κ3) is 2.44. The Balaban J connectivity index is 2.07. The lowest BCUT2D eigenvalue weighted by Crippen LogP contribution is -2.56. The number of alkyl halides is 3. The highest BCUT2D eigenvalue weighted by molar-refractivity contribution is 5.97. The predicted octanol–water partition coefficient (Wildman–Crippen LogP) is 1.78. The standard InChI is InChI=1S/C12H16F3NO2/c1-7(12(13,14)15)11(17)8-3-9-5-18-6-10(4-8)16(9)2/h8-10H,1,3-6H2,2H3. The number of Topliss-reactive ketones (excluding diaryl/α,β-unsaturated/α-hetero) is 1. The van der Waals surface area contributed by atoms with Crippen LogP contribution in [0.2, 0.25) is 0 Å². The molecule has 2 fully saturated rings. The zero-order chi connectivity index (χ0) is 13.5. The number of morpholine rings is 1. The van der Waals surface area contributed by atoms with Gasteiger partial charge < -0.3 is 4.74 Å². The molecule has 6 heteroatoms. The van der Waals surface area contributed by atoms with Crippen molar-refractivity contribution in [1.29, 1.82) is 0 Å². The largest absolute Gasteiger partial charge is 0.419 e. The zero-order valence-electron chi connectivity index (χ0n) is 10.2. The number of ether oxygens (including phenoxy) is 1. The topological polar surface area (TPSA) is 29.5 Å². The molecule has 0 spiro atoms. The van der Waals surface area contributed by atoms with E-state index in [0.29, 0.717) is 26.1 Å².